The molecule has 4 aromatic rings. The second-order valence-electron chi connectivity index (χ2n) is 8.57. The Bertz CT molecular complexity index is 1260. The van der Waals surface area contributed by atoms with Gasteiger partial charge in [0.1, 0.15) is 9.88 Å². The maximum atomic E-state index is 11.6. The highest BCUT2D eigenvalue weighted by molar-refractivity contribution is 8.00. The van der Waals surface area contributed by atoms with Gasteiger partial charge in [-0.05, 0) is 30.4 Å². The predicted octanol–water partition coefficient (Wildman–Crippen LogP) is 6.81. The molecule has 0 saturated carbocycles. The Hall–Kier alpha value is -2.42. The Morgan fingerprint density at radius 3 is 2.56 bits per heavy atom. The number of carboxylic acid groups (broad SMARTS) is 1. The van der Waals surface area contributed by atoms with E-state index in [9.17, 15) is 9.90 Å². The standard InChI is InChI=1S/C24H25N3O2S3/c1-14-19(23(30-5)32-20(14)22(28)29)21-25-16(13-31-21)17-11-18(24(2,3)4)26-27(17)12-15-9-7-6-8-10-15/h6-11,13H,12H2,1-5H3,(H,28,29). The van der Waals surface area contributed by atoms with E-state index in [-0.39, 0.29) is 5.41 Å². The first-order valence-corrected chi connectivity index (χ1v) is 13.1. The summed E-state index contributed by atoms with van der Waals surface area (Å²) in [6, 6.07) is 12.4. The Balaban J connectivity index is 1.79. The summed E-state index contributed by atoms with van der Waals surface area (Å²) in [6.45, 7) is 9.01. The molecule has 3 heterocycles. The number of thioether (sulfide) groups is 1. The monoisotopic (exact) mass is 483 g/mol. The van der Waals surface area contributed by atoms with Crippen LogP contribution in [0.25, 0.3) is 22.0 Å². The molecule has 32 heavy (non-hydrogen) atoms. The lowest BCUT2D eigenvalue weighted by Crippen LogP contribution is -2.13. The van der Waals surface area contributed by atoms with Crippen molar-refractivity contribution in [3.05, 3.63) is 63.5 Å². The van der Waals surface area contributed by atoms with Gasteiger partial charge in [0.05, 0.1) is 27.8 Å². The highest BCUT2D eigenvalue weighted by atomic mass is 32.2. The van der Waals surface area contributed by atoms with Crippen LogP contribution in [0.1, 0.15) is 47.3 Å². The maximum Gasteiger partial charge on any atom is 0.346 e. The van der Waals surface area contributed by atoms with E-state index in [1.807, 2.05) is 41.4 Å². The third-order valence-electron chi connectivity index (χ3n) is 5.20. The topological polar surface area (TPSA) is 68.0 Å². The van der Waals surface area contributed by atoms with Crippen molar-refractivity contribution in [1.29, 1.82) is 0 Å². The minimum atomic E-state index is -0.887. The molecule has 3 aromatic heterocycles. The number of benzene rings is 1. The van der Waals surface area contributed by atoms with E-state index in [0.717, 1.165) is 37.4 Å². The largest absolute Gasteiger partial charge is 0.477 e. The third kappa shape index (κ3) is 4.40. The second kappa shape index (κ2) is 8.84. The summed E-state index contributed by atoms with van der Waals surface area (Å²) in [5.74, 6) is -0.887. The highest BCUT2D eigenvalue weighted by Gasteiger charge is 2.25. The number of aromatic nitrogens is 3. The van der Waals surface area contributed by atoms with Gasteiger partial charge in [-0.25, -0.2) is 9.78 Å². The molecular formula is C24H25N3O2S3. The van der Waals surface area contributed by atoms with E-state index >= 15 is 0 Å². The first-order valence-electron chi connectivity index (χ1n) is 10.2. The fourth-order valence-electron chi connectivity index (χ4n) is 3.45. The molecule has 0 unspecified atom stereocenters. The fourth-order valence-corrected chi connectivity index (χ4v) is 6.42. The quantitative estimate of drug-likeness (QED) is 0.305. The molecule has 0 radical (unpaired) electrons. The number of carbonyl (C=O) groups is 1. The van der Waals surface area contributed by atoms with Gasteiger partial charge in [0, 0.05) is 16.4 Å². The summed E-state index contributed by atoms with van der Waals surface area (Å²) >= 11 is 4.43. The molecular weight excluding hydrogens is 458 g/mol. The predicted molar refractivity (Wildman–Crippen MR) is 134 cm³/mol. The van der Waals surface area contributed by atoms with Gasteiger partial charge in [-0.1, -0.05) is 51.1 Å². The smallest absolute Gasteiger partial charge is 0.346 e. The lowest BCUT2D eigenvalue weighted by Gasteiger charge is -2.14. The van der Waals surface area contributed by atoms with Crippen LogP contribution < -0.4 is 0 Å². The van der Waals surface area contributed by atoms with Crippen molar-refractivity contribution in [2.75, 3.05) is 6.26 Å². The van der Waals surface area contributed by atoms with Gasteiger partial charge >= 0.3 is 5.97 Å². The lowest BCUT2D eigenvalue weighted by atomic mass is 9.92. The van der Waals surface area contributed by atoms with Gasteiger partial charge < -0.3 is 5.11 Å². The van der Waals surface area contributed by atoms with E-state index < -0.39 is 5.97 Å². The average molecular weight is 484 g/mol. The molecule has 0 bridgehead atoms. The number of rotatable bonds is 6. The molecule has 0 aliphatic rings. The Morgan fingerprint density at radius 1 is 1.22 bits per heavy atom. The summed E-state index contributed by atoms with van der Waals surface area (Å²) in [7, 11) is 0. The second-order valence-corrected chi connectivity index (χ2v) is 11.5. The average Bonchev–Trinajstić information content (AvgIpc) is 3.44. The van der Waals surface area contributed by atoms with Crippen LogP contribution in [0.3, 0.4) is 0 Å². The number of thiazole rings is 1. The zero-order valence-electron chi connectivity index (χ0n) is 18.7. The van der Waals surface area contributed by atoms with Crippen LogP contribution in [0.4, 0.5) is 0 Å². The number of thiophene rings is 1. The molecule has 1 aromatic carbocycles. The maximum absolute atomic E-state index is 11.6. The molecule has 1 N–H and O–H groups in total. The summed E-state index contributed by atoms with van der Waals surface area (Å²) in [5, 5.41) is 17.4. The Labute approximate surface area is 200 Å². The number of aromatic carboxylic acids is 1. The Morgan fingerprint density at radius 2 is 1.94 bits per heavy atom. The molecule has 166 valence electrons. The fraction of sp³-hybridized carbons (Fsp3) is 0.292. The summed E-state index contributed by atoms with van der Waals surface area (Å²) < 4.78 is 3.00. The highest BCUT2D eigenvalue weighted by Crippen LogP contribution is 2.43. The summed E-state index contributed by atoms with van der Waals surface area (Å²) in [4.78, 5) is 17.0. The van der Waals surface area contributed by atoms with Gasteiger partial charge in [0.25, 0.3) is 0 Å². The number of nitrogens with zero attached hydrogens (tertiary/aromatic N) is 3. The minimum absolute atomic E-state index is 0.0815. The molecule has 0 amide bonds. The van der Waals surface area contributed by atoms with Crippen LogP contribution in [0.2, 0.25) is 0 Å². The van der Waals surface area contributed by atoms with Crippen LogP contribution in [0.5, 0.6) is 0 Å². The first-order chi connectivity index (χ1) is 15.2. The van der Waals surface area contributed by atoms with Crippen molar-refractivity contribution < 1.29 is 9.90 Å². The molecule has 0 fully saturated rings. The van der Waals surface area contributed by atoms with Gasteiger partial charge in [-0.15, -0.1) is 34.4 Å². The van der Waals surface area contributed by atoms with E-state index in [4.69, 9.17) is 10.1 Å². The Kier molecular flexibility index (Phi) is 6.29. The van der Waals surface area contributed by atoms with Crippen LogP contribution in [-0.4, -0.2) is 32.1 Å². The molecule has 4 rings (SSSR count). The van der Waals surface area contributed by atoms with E-state index in [1.165, 1.54) is 16.9 Å². The van der Waals surface area contributed by atoms with Crippen molar-refractivity contribution in [2.45, 2.75) is 43.9 Å². The van der Waals surface area contributed by atoms with Crippen LogP contribution in [0, 0.1) is 6.92 Å². The SMILES string of the molecule is CSc1sc(C(=O)O)c(C)c1-c1nc(-c2cc(C(C)(C)C)nn2Cc2ccccc2)cs1. The number of hydrogen-bond acceptors (Lipinski definition) is 6. The van der Waals surface area contributed by atoms with Crippen molar-refractivity contribution in [1.82, 2.24) is 14.8 Å². The molecule has 0 aliphatic heterocycles. The normalized spacial score (nSPS) is 11.8. The van der Waals surface area contributed by atoms with Crippen LogP contribution >= 0.6 is 34.4 Å². The zero-order valence-corrected chi connectivity index (χ0v) is 21.1. The molecule has 0 spiro atoms. The van der Waals surface area contributed by atoms with Crippen LogP contribution in [-0.2, 0) is 12.0 Å². The van der Waals surface area contributed by atoms with Gasteiger partial charge in [-0.3, -0.25) is 4.68 Å². The number of hydrogen-bond donors (Lipinski definition) is 1. The molecule has 0 aliphatic carbocycles. The van der Waals surface area contributed by atoms with Gasteiger partial charge in [0.15, 0.2) is 0 Å². The first kappa shape index (κ1) is 22.8. The van der Waals surface area contributed by atoms with Crippen molar-refractivity contribution in [3.8, 4) is 22.0 Å². The minimum Gasteiger partial charge on any atom is -0.477 e. The van der Waals surface area contributed by atoms with Crippen molar-refractivity contribution in [2.24, 2.45) is 0 Å². The third-order valence-corrected chi connectivity index (χ3v) is 8.46. The van der Waals surface area contributed by atoms with E-state index in [0.29, 0.717) is 11.4 Å². The van der Waals surface area contributed by atoms with E-state index in [1.54, 1.807) is 23.1 Å². The summed E-state index contributed by atoms with van der Waals surface area (Å²) in [6.07, 6.45) is 1.97. The van der Waals surface area contributed by atoms with Crippen molar-refractivity contribution >= 4 is 40.4 Å². The molecule has 0 atom stereocenters. The lowest BCUT2D eigenvalue weighted by molar-refractivity contribution is 0.0701. The van der Waals surface area contributed by atoms with Gasteiger partial charge in [0.2, 0.25) is 0 Å². The molecule has 0 saturated heterocycles. The number of carboxylic acids is 1. The summed E-state index contributed by atoms with van der Waals surface area (Å²) in [5.41, 5.74) is 5.65. The molecule has 5 nitrogen and oxygen atoms in total. The van der Waals surface area contributed by atoms with Gasteiger partial charge in [-0.2, -0.15) is 5.10 Å². The van der Waals surface area contributed by atoms with Crippen molar-refractivity contribution in [3.63, 3.8) is 0 Å². The molecule has 8 heteroatoms. The zero-order chi connectivity index (χ0) is 23.0. The van der Waals surface area contributed by atoms with E-state index in [2.05, 4.69) is 39.0 Å². The van der Waals surface area contributed by atoms with Crippen LogP contribution in [0.15, 0.2) is 46.0 Å².